The van der Waals surface area contributed by atoms with Gasteiger partial charge in [-0.25, -0.2) is 22.4 Å². The van der Waals surface area contributed by atoms with E-state index in [1.54, 1.807) is 55.5 Å². The Morgan fingerprint density at radius 2 is 1.45 bits per heavy atom. The number of carbonyl (C=O) groups excluding carboxylic acids is 2. The molecule has 2 aliphatic heterocycles. The second-order valence-corrected chi connectivity index (χ2v) is 10.8. The van der Waals surface area contributed by atoms with Crippen LogP contribution in [-0.2, 0) is 10.5 Å². The smallest absolute Gasteiger partial charge is 0.338 e. The van der Waals surface area contributed by atoms with Crippen LogP contribution in [0.2, 0.25) is 0 Å². The highest BCUT2D eigenvalue weighted by Gasteiger charge is 2.44. The number of rotatable bonds is 8. The molecule has 2 fully saturated rings. The maximum absolute atomic E-state index is 13.9. The maximum Gasteiger partial charge on any atom is 0.338 e. The summed E-state index contributed by atoms with van der Waals surface area (Å²) in [5.74, 6) is -5.48. The summed E-state index contributed by atoms with van der Waals surface area (Å²) in [6.07, 6.45) is 3.10. The molecule has 0 aromatic heterocycles. The summed E-state index contributed by atoms with van der Waals surface area (Å²) in [7, 11) is 0. The number of halogens is 4. The fraction of sp³-hybridized carbons (Fsp3) is 0.333. The van der Waals surface area contributed by atoms with Crippen LogP contribution in [0.4, 0.5) is 17.6 Å². The molecule has 0 radical (unpaired) electrons. The molecule has 0 saturated carbocycles. The van der Waals surface area contributed by atoms with Gasteiger partial charge in [-0.1, -0.05) is 12.1 Å². The van der Waals surface area contributed by atoms with Gasteiger partial charge in [0, 0.05) is 42.3 Å². The largest absolute Gasteiger partial charge is 0.490 e. The van der Waals surface area contributed by atoms with Crippen molar-refractivity contribution in [3.05, 3.63) is 94.6 Å². The van der Waals surface area contributed by atoms with Crippen molar-refractivity contribution in [3.8, 4) is 5.75 Å². The Morgan fingerprint density at radius 1 is 0.875 bits per heavy atom. The number of nitrogens with zero attached hydrogens (tertiary/aromatic N) is 1. The summed E-state index contributed by atoms with van der Waals surface area (Å²) in [4.78, 5) is 26.5. The average molecular weight is 574 g/mol. The van der Waals surface area contributed by atoms with E-state index in [4.69, 9.17) is 9.47 Å². The van der Waals surface area contributed by atoms with E-state index in [1.807, 2.05) is 4.90 Å². The van der Waals surface area contributed by atoms with Gasteiger partial charge in [0.1, 0.15) is 11.9 Å². The molecule has 2 bridgehead atoms. The Balaban J connectivity index is 1.18. The van der Waals surface area contributed by atoms with Crippen LogP contribution >= 0.6 is 11.8 Å². The summed E-state index contributed by atoms with van der Waals surface area (Å²) in [6.45, 7) is 2.06. The summed E-state index contributed by atoms with van der Waals surface area (Å²) >= 11 is 0.651. The molecule has 210 valence electrons. The van der Waals surface area contributed by atoms with E-state index in [9.17, 15) is 27.2 Å². The number of carbonyl (C=O) groups is 2. The second-order valence-electron chi connectivity index (χ2n) is 9.84. The van der Waals surface area contributed by atoms with Crippen LogP contribution in [0.15, 0.2) is 59.5 Å². The van der Waals surface area contributed by atoms with Crippen LogP contribution in [0.5, 0.6) is 5.75 Å². The van der Waals surface area contributed by atoms with Crippen LogP contribution in [0, 0.1) is 23.3 Å². The summed E-state index contributed by atoms with van der Waals surface area (Å²) in [5, 5.41) is 0. The Labute approximate surface area is 233 Å². The van der Waals surface area contributed by atoms with Gasteiger partial charge in [0.2, 0.25) is 0 Å². The lowest BCUT2D eigenvalue weighted by molar-refractivity contribution is 0.0359. The Morgan fingerprint density at radius 3 is 2.02 bits per heavy atom. The first-order chi connectivity index (χ1) is 19.2. The number of piperidine rings is 1. The zero-order valence-electron chi connectivity index (χ0n) is 21.7. The highest BCUT2D eigenvalue weighted by atomic mass is 32.2. The van der Waals surface area contributed by atoms with Crippen LogP contribution in [0.1, 0.15) is 58.9 Å². The lowest BCUT2D eigenvalue weighted by Gasteiger charge is -2.39. The topological polar surface area (TPSA) is 55.8 Å². The van der Waals surface area contributed by atoms with E-state index < -0.39 is 28.2 Å². The minimum absolute atomic E-state index is 0.0408. The molecular formula is C30H27F4NO4S. The third-order valence-electron chi connectivity index (χ3n) is 7.25. The van der Waals surface area contributed by atoms with Crippen molar-refractivity contribution in [3.63, 3.8) is 0 Å². The van der Waals surface area contributed by atoms with Crippen molar-refractivity contribution < 1.29 is 36.6 Å². The zero-order valence-corrected chi connectivity index (χ0v) is 22.5. The Kier molecular flexibility index (Phi) is 8.35. The fourth-order valence-corrected chi connectivity index (χ4v) is 6.31. The highest BCUT2D eigenvalue weighted by molar-refractivity contribution is 7.98. The van der Waals surface area contributed by atoms with E-state index in [2.05, 4.69) is 0 Å². The van der Waals surface area contributed by atoms with Gasteiger partial charge >= 0.3 is 5.97 Å². The molecule has 2 aliphatic rings. The molecule has 2 saturated heterocycles. The molecule has 3 aromatic rings. The van der Waals surface area contributed by atoms with Gasteiger partial charge in [0.05, 0.1) is 17.1 Å². The minimum Gasteiger partial charge on any atom is -0.490 e. The van der Waals surface area contributed by atoms with E-state index in [1.165, 1.54) is 0 Å². The number of amides is 1. The third-order valence-corrected chi connectivity index (χ3v) is 8.37. The molecule has 0 N–H and O–H groups in total. The number of thioether (sulfide) groups is 1. The van der Waals surface area contributed by atoms with Crippen LogP contribution < -0.4 is 4.74 Å². The van der Waals surface area contributed by atoms with E-state index in [0.29, 0.717) is 53.7 Å². The summed E-state index contributed by atoms with van der Waals surface area (Å²) < 4.78 is 66.0. The number of hydrogen-bond donors (Lipinski definition) is 0. The van der Waals surface area contributed by atoms with Gasteiger partial charge in [-0.15, -0.1) is 11.8 Å². The molecule has 10 heteroatoms. The Bertz CT molecular complexity index is 1360. The number of fused-ring (bicyclic) bond motifs is 2. The van der Waals surface area contributed by atoms with Gasteiger partial charge in [-0.2, -0.15) is 0 Å². The zero-order chi connectivity index (χ0) is 28.4. The Hall–Kier alpha value is -3.53. The summed E-state index contributed by atoms with van der Waals surface area (Å²) in [5.41, 5.74) is 1.60. The first-order valence-electron chi connectivity index (χ1n) is 13.1. The van der Waals surface area contributed by atoms with Crippen molar-refractivity contribution in [1.82, 2.24) is 4.90 Å². The number of ether oxygens (including phenoxy) is 2. The van der Waals surface area contributed by atoms with Crippen LogP contribution in [-0.4, -0.2) is 41.6 Å². The lowest BCUT2D eigenvalue weighted by Crippen LogP contribution is -2.49. The molecule has 0 aliphatic carbocycles. The average Bonchev–Trinajstić information content (AvgIpc) is 3.22. The van der Waals surface area contributed by atoms with Gasteiger partial charge in [-0.3, -0.25) is 4.79 Å². The van der Waals surface area contributed by atoms with Crippen molar-refractivity contribution >= 4 is 23.6 Å². The van der Waals surface area contributed by atoms with E-state index >= 15 is 0 Å². The number of esters is 1. The van der Waals surface area contributed by atoms with Crippen molar-refractivity contribution in [2.24, 2.45) is 0 Å². The van der Waals surface area contributed by atoms with Gasteiger partial charge < -0.3 is 14.4 Å². The number of hydrogen-bond acceptors (Lipinski definition) is 5. The quantitative estimate of drug-likeness (QED) is 0.127. The molecule has 1 amide bonds. The molecule has 2 atom stereocenters. The van der Waals surface area contributed by atoms with Gasteiger partial charge in [-0.05, 0) is 61.7 Å². The molecule has 5 rings (SSSR count). The van der Waals surface area contributed by atoms with Crippen LogP contribution in [0.25, 0.3) is 0 Å². The molecule has 3 aromatic carbocycles. The maximum atomic E-state index is 13.9. The van der Waals surface area contributed by atoms with E-state index in [0.717, 1.165) is 12.8 Å². The number of benzene rings is 3. The monoisotopic (exact) mass is 573 g/mol. The fourth-order valence-electron chi connectivity index (χ4n) is 5.36. The van der Waals surface area contributed by atoms with Crippen molar-refractivity contribution in [2.45, 2.75) is 61.4 Å². The first-order valence-corrected chi connectivity index (χ1v) is 14.0. The predicted molar refractivity (Wildman–Crippen MR) is 141 cm³/mol. The SMILES string of the molecule is CCOC(=O)c1ccc(OC2CC3CCC(C2)N3C(=O)c2ccc(CSc3c(F)c(F)cc(F)c3F)cc2)cc1. The van der Waals surface area contributed by atoms with Crippen LogP contribution in [0.3, 0.4) is 0 Å². The molecule has 2 unspecified atom stereocenters. The van der Waals surface area contributed by atoms with Crippen molar-refractivity contribution in [2.75, 3.05) is 6.61 Å². The molecule has 0 spiro atoms. The van der Waals surface area contributed by atoms with Crippen molar-refractivity contribution in [1.29, 1.82) is 0 Å². The standard InChI is InChI=1S/C30H27F4NO4S/c1-2-38-30(37)19-7-11-22(12-8-19)39-23-13-20-9-10-21(14-23)35(20)29(36)18-5-3-17(4-6-18)16-40-28-26(33)24(31)15-25(32)27(28)34/h3-8,11-12,15,20-21,23H,2,9-10,13-14,16H2,1H3. The molecule has 2 heterocycles. The minimum atomic E-state index is -1.45. The molecular weight excluding hydrogens is 546 g/mol. The predicted octanol–water partition coefficient (Wildman–Crippen LogP) is 6.93. The third kappa shape index (κ3) is 5.82. The van der Waals surface area contributed by atoms with Gasteiger partial charge in [0.25, 0.3) is 5.91 Å². The highest BCUT2D eigenvalue weighted by Crippen LogP contribution is 2.38. The normalized spacial score (nSPS) is 19.9. The molecule has 40 heavy (non-hydrogen) atoms. The first kappa shape index (κ1) is 28.0. The second kappa shape index (κ2) is 11.9. The summed E-state index contributed by atoms with van der Waals surface area (Å²) in [6, 6.07) is 13.8. The van der Waals surface area contributed by atoms with E-state index in [-0.39, 0.29) is 41.9 Å². The van der Waals surface area contributed by atoms with Gasteiger partial charge in [0.15, 0.2) is 23.3 Å². The lowest BCUT2D eigenvalue weighted by atomic mass is 9.98. The molecule has 5 nitrogen and oxygen atoms in total.